The number of aromatic nitrogens is 2. The molecule has 1 fully saturated rings. The summed E-state index contributed by atoms with van der Waals surface area (Å²) in [5, 5.41) is 3.55. The van der Waals surface area contributed by atoms with Crippen LogP contribution in [0.15, 0.2) is 35.8 Å². The first-order valence-electron chi connectivity index (χ1n) is 11.0. The van der Waals surface area contributed by atoms with E-state index >= 15 is 0 Å². The molecule has 2 aliphatic heterocycles. The van der Waals surface area contributed by atoms with E-state index in [-0.39, 0.29) is 6.10 Å². The van der Waals surface area contributed by atoms with Crippen LogP contribution in [0.5, 0.6) is 11.5 Å². The lowest BCUT2D eigenvalue weighted by Gasteiger charge is -2.39. The molecule has 7 heteroatoms. The smallest absolute Gasteiger partial charge is 0.193 e. The number of imidazole rings is 1. The summed E-state index contributed by atoms with van der Waals surface area (Å²) < 4.78 is 14.1. The van der Waals surface area contributed by atoms with Crippen LogP contribution in [0.2, 0.25) is 0 Å². The van der Waals surface area contributed by atoms with Crippen molar-refractivity contribution in [1.29, 1.82) is 0 Å². The zero-order valence-corrected chi connectivity index (χ0v) is 18.5. The van der Waals surface area contributed by atoms with Gasteiger partial charge in [-0.3, -0.25) is 4.99 Å². The number of hydrogen-bond donors (Lipinski definition) is 1. The normalized spacial score (nSPS) is 23.8. The van der Waals surface area contributed by atoms with Crippen molar-refractivity contribution in [1.82, 2.24) is 19.8 Å². The van der Waals surface area contributed by atoms with Crippen LogP contribution >= 0.6 is 0 Å². The van der Waals surface area contributed by atoms with Crippen molar-refractivity contribution >= 4 is 5.96 Å². The number of piperidine rings is 1. The first kappa shape index (κ1) is 20.6. The fourth-order valence-corrected chi connectivity index (χ4v) is 4.51. The Labute approximate surface area is 179 Å². The van der Waals surface area contributed by atoms with Crippen molar-refractivity contribution in [3.8, 4) is 11.5 Å². The van der Waals surface area contributed by atoms with Gasteiger partial charge in [0.1, 0.15) is 17.6 Å². The Kier molecular flexibility index (Phi) is 6.16. The molecule has 7 nitrogen and oxygen atoms in total. The Morgan fingerprint density at radius 2 is 2.23 bits per heavy atom. The van der Waals surface area contributed by atoms with E-state index in [2.05, 4.69) is 56.9 Å². The topological polar surface area (TPSA) is 63.9 Å². The molecule has 2 aromatic rings. The molecule has 1 N–H and O–H groups in total. The van der Waals surface area contributed by atoms with Crippen LogP contribution < -0.4 is 14.8 Å². The monoisotopic (exact) mass is 411 g/mol. The van der Waals surface area contributed by atoms with E-state index in [9.17, 15) is 0 Å². The summed E-state index contributed by atoms with van der Waals surface area (Å²) in [7, 11) is 1.85. The molecule has 0 saturated carbocycles. The van der Waals surface area contributed by atoms with E-state index in [1.165, 1.54) is 5.56 Å². The molecule has 1 aromatic heterocycles. The number of guanidine groups is 1. The Bertz CT molecular complexity index is 880. The fraction of sp³-hybridized carbons (Fsp3) is 0.565. The summed E-state index contributed by atoms with van der Waals surface area (Å²) in [6.45, 7) is 9.65. The Morgan fingerprint density at radius 3 is 2.97 bits per heavy atom. The third-order valence-corrected chi connectivity index (χ3v) is 6.15. The maximum absolute atomic E-state index is 5.96. The molecule has 3 unspecified atom stereocenters. The van der Waals surface area contributed by atoms with Crippen LogP contribution in [-0.2, 0) is 13.0 Å². The predicted octanol–water partition coefficient (Wildman–Crippen LogP) is 3.26. The first-order chi connectivity index (χ1) is 14.6. The lowest BCUT2D eigenvalue weighted by atomic mass is 9.93. The summed E-state index contributed by atoms with van der Waals surface area (Å²) in [6.07, 6.45) is 8.11. The minimum atomic E-state index is 0.223. The Balaban J connectivity index is 1.47. The predicted molar refractivity (Wildman–Crippen MR) is 118 cm³/mol. The molecule has 1 saturated heterocycles. The van der Waals surface area contributed by atoms with Crippen molar-refractivity contribution < 1.29 is 9.47 Å². The SMILES string of the molecule is CCOc1cc2c(cc1CNC(=NC)N1CCC(C)C(n3ccnc3)C1)OC(C)C2. The molecule has 162 valence electrons. The number of likely N-dealkylation sites (tertiary alicyclic amines) is 1. The van der Waals surface area contributed by atoms with Gasteiger partial charge in [-0.05, 0) is 38.3 Å². The van der Waals surface area contributed by atoms with Gasteiger partial charge in [0, 0.05) is 56.6 Å². The minimum Gasteiger partial charge on any atom is -0.494 e. The van der Waals surface area contributed by atoms with E-state index in [1.54, 1.807) is 0 Å². The lowest BCUT2D eigenvalue weighted by molar-refractivity contribution is 0.189. The molecule has 2 aliphatic rings. The average molecular weight is 412 g/mol. The van der Waals surface area contributed by atoms with E-state index in [1.807, 2.05) is 26.5 Å². The third kappa shape index (κ3) is 4.25. The van der Waals surface area contributed by atoms with Crippen molar-refractivity contribution in [2.24, 2.45) is 10.9 Å². The average Bonchev–Trinajstić information content (AvgIpc) is 3.38. The zero-order chi connectivity index (χ0) is 21.1. The number of rotatable bonds is 5. The molecular weight excluding hydrogens is 378 g/mol. The van der Waals surface area contributed by atoms with Gasteiger partial charge >= 0.3 is 0 Å². The largest absolute Gasteiger partial charge is 0.494 e. The van der Waals surface area contributed by atoms with Crippen molar-refractivity contribution in [2.45, 2.75) is 52.3 Å². The Hall–Kier alpha value is -2.70. The number of fused-ring (bicyclic) bond motifs is 1. The highest BCUT2D eigenvalue weighted by molar-refractivity contribution is 5.80. The van der Waals surface area contributed by atoms with Gasteiger partial charge in [-0.2, -0.15) is 0 Å². The molecule has 0 amide bonds. The number of aliphatic imine (C=N–C) groups is 1. The van der Waals surface area contributed by atoms with E-state index in [0.29, 0.717) is 25.1 Å². The molecule has 0 bridgehead atoms. The molecule has 30 heavy (non-hydrogen) atoms. The standard InChI is InChI=1S/C23H33N5O2/c1-5-29-21-11-18-10-17(3)30-22(18)12-19(21)13-26-23(24-4)27-8-6-16(2)20(14-27)28-9-7-25-15-28/h7,9,11-12,15-17,20H,5-6,8,10,13-14H2,1-4H3,(H,24,26). The fourth-order valence-electron chi connectivity index (χ4n) is 4.51. The first-order valence-corrected chi connectivity index (χ1v) is 11.0. The van der Waals surface area contributed by atoms with Gasteiger partial charge < -0.3 is 24.3 Å². The zero-order valence-electron chi connectivity index (χ0n) is 18.5. The summed E-state index contributed by atoms with van der Waals surface area (Å²) in [5.74, 6) is 3.43. The highest BCUT2D eigenvalue weighted by Crippen LogP contribution is 2.35. The number of ether oxygens (including phenoxy) is 2. The van der Waals surface area contributed by atoms with Gasteiger partial charge in [-0.25, -0.2) is 4.98 Å². The summed E-state index contributed by atoms with van der Waals surface area (Å²) in [6, 6.07) is 4.66. The van der Waals surface area contributed by atoms with E-state index in [4.69, 9.17) is 9.47 Å². The minimum absolute atomic E-state index is 0.223. The van der Waals surface area contributed by atoms with Crippen LogP contribution in [0, 0.1) is 5.92 Å². The quantitative estimate of drug-likeness (QED) is 0.604. The maximum Gasteiger partial charge on any atom is 0.193 e. The summed E-state index contributed by atoms with van der Waals surface area (Å²) >= 11 is 0. The van der Waals surface area contributed by atoms with E-state index < -0.39 is 0 Å². The number of nitrogens with one attached hydrogen (secondary N) is 1. The van der Waals surface area contributed by atoms with Gasteiger partial charge in [-0.15, -0.1) is 0 Å². The second-order valence-corrected chi connectivity index (χ2v) is 8.32. The van der Waals surface area contributed by atoms with Gasteiger partial charge in [0.2, 0.25) is 0 Å². The molecule has 3 heterocycles. The van der Waals surface area contributed by atoms with Gasteiger partial charge in [-0.1, -0.05) is 6.92 Å². The van der Waals surface area contributed by atoms with Gasteiger partial charge in [0.05, 0.1) is 19.0 Å². The molecule has 4 rings (SSSR count). The molecule has 3 atom stereocenters. The number of nitrogens with zero attached hydrogens (tertiary/aromatic N) is 4. The van der Waals surface area contributed by atoms with Crippen molar-refractivity contribution in [2.75, 3.05) is 26.7 Å². The van der Waals surface area contributed by atoms with Crippen LogP contribution in [0.4, 0.5) is 0 Å². The summed E-state index contributed by atoms with van der Waals surface area (Å²) in [4.78, 5) is 11.1. The molecule has 0 aliphatic carbocycles. The Morgan fingerprint density at radius 1 is 1.37 bits per heavy atom. The van der Waals surface area contributed by atoms with Crippen LogP contribution in [0.25, 0.3) is 0 Å². The van der Waals surface area contributed by atoms with Crippen LogP contribution in [0.3, 0.4) is 0 Å². The third-order valence-electron chi connectivity index (χ3n) is 6.15. The number of hydrogen-bond acceptors (Lipinski definition) is 4. The highest BCUT2D eigenvalue weighted by atomic mass is 16.5. The lowest BCUT2D eigenvalue weighted by Crippen LogP contribution is -2.48. The van der Waals surface area contributed by atoms with E-state index in [0.717, 1.165) is 49.0 Å². The van der Waals surface area contributed by atoms with Crippen LogP contribution in [-0.4, -0.2) is 53.3 Å². The maximum atomic E-state index is 5.96. The van der Waals surface area contributed by atoms with Crippen LogP contribution in [0.1, 0.15) is 44.4 Å². The molecule has 0 radical (unpaired) electrons. The second-order valence-electron chi connectivity index (χ2n) is 8.32. The van der Waals surface area contributed by atoms with Crippen molar-refractivity contribution in [3.63, 3.8) is 0 Å². The second kappa shape index (κ2) is 8.98. The van der Waals surface area contributed by atoms with Gasteiger partial charge in [0.15, 0.2) is 5.96 Å². The molecular formula is C23H33N5O2. The molecule has 0 spiro atoms. The molecule has 1 aromatic carbocycles. The number of benzene rings is 1. The summed E-state index contributed by atoms with van der Waals surface area (Å²) in [5.41, 5.74) is 2.33. The van der Waals surface area contributed by atoms with Gasteiger partial charge in [0.25, 0.3) is 0 Å². The highest BCUT2D eigenvalue weighted by Gasteiger charge is 2.29. The van der Waals surface area contributed by atoms with Crippen molar-refractivity contribution in [3.05, 3.63) is 42.0 Å².